The highest BCUT2D eigenvalue weighted by Gasteiger charge is 2.10. The smallest absolute Gasteiger partial charge is 0.344 e. The van der Waals surface area contributed by atoms with Gasteiger partial charge < -0.3 is 18.6 Å². The third-order valence-electron chi connectivity index (χ3n) is 3.53. The maximum absolute atomic E-state index is 11.8. The number of rotatable bonds is 8. The molecule has 0 saturated heterocycles. The molecule has 0 aliphatic heterocycles. The first-order valence-corrected chi connectivity index (χ1v) is 8.74. The predicted molar refractivity (Wildman–Crippen MR) is 99.9 cm³/mol. The summed E-state index contributed by atoms with van der Waals surface area (Å²) in [5.41, 5.74) is 0.836. The van der Waals surface area contributed by atoms with Crippen molar-refractivity contribution in [2.45, 2.75) is 13.5 Å². The molecule has 0 bridgehead atoms. The lowest BCUT2D eigenvalue weighted by Crippen LogP contribution is -2.14. The summed E-state index contributed by atoms with van der Waals surface area (Å²) in [5.74, 6) is 1.65. The van der Waals surface area contributed by atoms with Gasteiger partial charge in [-0.3, -0.25) is 0 Å². The van der Waals surface area contributed by atoms with Gasteiger partial charge in [-0.25, -0.2) is 9.78 Å². The first-order valence-electron chi connectivity index (χ1n) is 8.36. The van der Waals surface area contributed by atoms with Crippen LogP contribution in [0.5, 0.6) is 11.5 Å². The average molecular weight is 388 g/mol. The number of ether oxygens (including phenoxy) is 3. The van der Waals surface area contributed by atoms with Crippen LogP contribution in [0.2, 0.25) is 5.02 Å². The number of carbonyl (C=O) groups excluding carboxylic acids is 1. The van der Waals surface area contributed by atoms with Crippen molar-refractivity contribution >= 4 is 17.6 Å². The Hall–Kier alpha value is -2.99. The molecule has 0 spiro atoms. The summed E-state index contributed by atoms with van der Waals surface area (Å²) in [6.45, 7) is 2.22. The van der Waals surface area contributed by atoms with Crippen LogP contribution in [0.4, 0.5) is 0 Å². The summed E-state index contributed by atoms with van der Waals surface area (Å²) in [5, 5.41) is 0.639. The molecule has 3 aromatic rings. The van der Waals surface area contributed by atoms with Crippen molar-refractivity contribution in [3.05, 3.63) is 65.6 Å². The van der Waals surface area contributed by atoms with Crippen molar-refractivity contribution in [2.24, 2.45) is 0 Å². The number of esters is 1. The van der Waals surface area contributed by atoms with Gasteiger partial charge in [-0.2, -0.15) is 0 Å². The van der Waals surface area contributed by atoms with E-state index in [1.54, 1.807) is 42.6 Å². The molecule has 0 aliphatic carbocycles. The third kappa shape index (κ3) is 5.49. The Bertz CT molecular complexity index is 874. The number of oxazole rings is 1. The van der Waals surface area contributed by atoms with Crippen molar-refractivity contribution in [3.63, 3.8) is 0 Å². The van der Waals surface area contributed by atoms with E-state index >= 15 is 0 Å². The fourth-order valence-corrected chi connectivity index (χ4v) is 2.38. The van der Waals surface area contributed by atoms with Crippen LogP contribution in [0.15, 0.2) is 59.1 Å². The molecule has 27 heavy (non-hydrogen) atoms. The summed E-state index contributed by atoms with van der Waals surface area (Å²) in [6, 6.07) is 14.2. The van der Waals surface area contributed by atoms with Crippen molar-refractivity contribution in [2.75, 3.05) is 13.2 Å². The summed E-state index contributed by atoms with van der Waals surface area (Å²) >= 11 is 5.86. The number of hydrogen-bond acceptors (Lipinski definition) is 6. The first-order chi connectivity index (χ1) is 13.1. The molecule has 0 unspecified atom stereocenters. The maximum Gasteiger partial charge on any atom is 0.344 e. The molecule has 3 rings (SSSR count). The molecule has 0 atom stereocenters. The van der Waals surface area contributed by atoms with Gasteiger partial charge in [-0.15, -0.1) is 0 Å². The standard InChI is InChI=1S/C20H18ClNO5/c1-2-24-16-7-9-17(10-8-16)25-13-20(23)26-12-19-22-11-18(27-19)14-3-5-15(21)6-4-14/h3-11H,2,12-13H2,1H3. The van der Waals surface area contributed by atoms with E-state index in [4.69, 9.17) is 30.2 Å². The van der Waals surface area contributed by atoms with Gasteiger partial charge in [0.05, 0.1) is 12.8 Å². The Kier molecular flexibility index (Phi) is 6.33. The summed E-state index contributed by atoms with van der Waals surface area (Å²) in [4.78, 5) is 15.9. The minimum Gasteiger partial charge on any atom is -0.494 e. The van der Waals surface area contributed by atoms with E-state index in [0.717, 1.165) is 11.3 Å². The first kappa shape index (κ1) is 18.8. The highest BCUT2D eigenvalue weighted by atomic mass is 35.5. The lowest BCUT2D eigenvalue weighted by molar-refractivity contribution is -0.148. The number of aromatic nitrogens is 1. The molecule has 0 amide bonds. The summed E-state index contributed by atoms with van der Waals surface area (Å²) in [7, 11) is 0. The Morgan fingerprint density at radius 3 is 2.37 bits per heavy atom. The average Bonchev–Trinajstić information content (AvgIpc) is 3.16. The zero-order chi connectivity index (χ0) is 19.1. The molecule has 0 aliphatic rings. The van der Waals surface area contributed by atoms with E-state index in [0.29, 0.717) is 29.0 Å². The zero-order valence-corrected chi connectivity index (χ0v) is 15.4. The minimum atomic E-state index is -0.518. The van der Waals surface area contributed by atoms with Crippen molar-refractivity contribution in [3.8, 4) is 22.8 Å². The summed E-state index contributed by atoms with van der Waals surface area (Å²) < 4.78 is 21.4. The largest absolute Gasteiger partial charge is 0.494 e. The molecular formula is C20H18ClNO5. The van der Waals surface area contributed by atoms with Gasteiger partial charge in [0.2, 0.25) is 5.89 Å². The number of nitrogens with zero attached hydrogens (tertiary/aromatic N) is 1. The van der Waals surface area contributed by atoms with Gasteiger partial charge in [-0.1, -0.05) is 11.6 Å². The monoisotopic (exact) mass is 387 g/mol. The van der Waals surface area contributed by atoms with Gasteiger partial charge in [0.15, 0.2) is 19.0 Å². The van der Waals surface area contributed by atoms with E-state index in [1.165, 1.54) is 0 Å². The van der Waals surface area contributed by atoms with Crippen LogP contribution in [0.3, 0.4) is 0 Å². The second kappa shape index (κ2) is 9.09. The van der Waals surface area contributed by atoms with Crippen LogP contribution in [0.25, 0.3) is 11.3 Å². The predicted octanol–water partition coefficient (Wildman–Crippen LogP) is 4.52. The molecule has 0 fully saturated rings. The van der Waals surface area contributed by atoms with E-state index in [9.17, 15) is 4.79 Å². The van der Waals surface area contributed by atoms with Crippen molar-refractivity contribution in [1.82, 2.24) is 4.98 Å². The van der Waals surface area contributed by atoms with Crippen LogP contribution in [-0.4, -0.2) is 24.2 Å². The van der Waals surface area contributed by atoms with Crippen LogP contribution in [-0.2, 0) is 16.1 Å². The van der Waals surface area contributed by atoms with Crippen LogP contribution < -0.4 is 9.47 Å². The molecule has 2 aromatic carbocycles. The van der Waals surface area contributed by atoms with Gasteiger partial charge >= 0.3 is 5.97 Å². The Morgan fingerprint density at radius 2 is 1.70 bits per heavy atom. The molecule has 7 heteroatoms. The second-order valence-electron chi connectivity index (χ2n) is 5.48. The van der Waals surface area contributed by atoms with E-state index in [1.807, 2.05) is 19.1 Å². The van der Waals surface area contributed by atoms with Crippen LogP contribution in [0.1, 0.15) is 12.8 Å². The Morgan fingerprint density at radius 1 is 1.04 bits per heavy atom. The third-order valence-corrected chi connectivity index (χ3v) is 3.78. The van der Waals surface area contributed by atoms with Crippen molar-refractivity contribution in [1.29, 1.82) is 0 Å². The van der Waals surface area contributed by atoms with Crippen molar-refractivity contribution < 1.29 is 23.4 Å². The molecule has 0 N–H and O–H groups in total. The zero-order valence-electron chi connectivity index (χ0n) is 14.7. The molecule has 1 aromatic heterocycles. The van der Waals surface area contributed by atoms with E-state index in [-0.39, 0.29) is 13.2 Å². The molecule has 140 valence electrons. The normalized spacial score (nSPS) is 10.4. The summed E-state index contributed by atoms with van der Waals surface area (Å²) in [6.07, 6.45) is 1.57. The maximum atomic E-state index is 11.8. The fourth-order valence-electron chi connectivity index (χ4n) is 2.25. The topological polar surface area (TPSA) is 70.8 Å². The molecule has 1 heterocycles. The number of benzene rings is 2. The number of carbonyl (C=O) groups is 1. The molecule has 0 radical (unpaired) electrons. The molecular weight excluding hydrogens is 370 g/mol. The SMILES string of the molecule is CCOc1ccc(OCC(=O)OCc2ncc(-c3ccc(Cl)cc3)o2)cc1. The number of hydrogen-bond donors (Lipinski definition) is 0. The molecule has 6 nitrogen and oxygen atoms in total. The van der Waals surface area contributed by atoms with E-state index in [2.05, 4.69) is 4.98 Å². The lowest BCUT2D eigenvalue weighted by Gasteiger charge is -2.07. The van der Waals surface area contributed by atoms with E-state index < -0.39 is 5.97 Å². The quantitative estimate of drug-likeness (QED) is 0.529. The highest BCUT2D eigenvalue weighted by molar-refractivity contribution is 6.30. The Balaban J connectivity index is 1.46. The second-order valence-corrected chi connectivity index (χ2v) is 5.92. The minimum absolute atomic E-state index is 0.0704. The highest BCUT2D eigenvalue weighted by Crippen LogP contribution is 2.22. The van der Waals surface area contributed by atoms with Crippen LogP contribution >= 0.6 is 11.6 Å². The van der Waals surface area contributed by atoms with Gasteiger partial charge in [0, 0.05) is 10.6 Å². The number of halogens is 1. The van der Waals surface area contributed by atoms with Gasteiger partial charge in [0.25, 0.3) is 0 Å². The Labute approximate surface area is 161 Å². The van der Waals surface area contributed by atoms with Crippen LogP contribution in [0, 0.1) is 0 Å². The fraction of sp³-hybridized carbons (Fsp3) is 0.200. The molecule has 0 saturated carbocycles. The lowest BCUT2D eigenvalue weighted by atomic mass is 10.2. The van der Waals surface area contributed by atoms with Gasteiger partial charge in [0.1, 0.15) is 11.5 Å². The van der Waals surface area contributed by atoms with Gasteiger partial charge in [-0.05, 0) is 55.5 Å².